The van der Waals surface area contributed by atoms with Crippen LogP contribution in [0, 0.1) is 16.7 Å². The smallest absolute Gasteiger partial charge is 0.317 e. The van der Waals surface area contributed by atoms with Gasteiger partial charge in [0, 0.05) is 35.6 Å². The maximum Gasteiger partial charge on any atom is 0.317 e. The summed E-state index contributed by atoms with van der Waals surface area (Å²) in [5.41, 5.74) is 1.31. The predicted molar refractivity (Wildman–Crippen MR) is 117 cm³/mol. The number of urea groups is 1. The Hall–Kier alpha value is -1.79. The quantitative estimate of drug-likeness (QED) is 0.667. The number of carbonyl (C=O) groups is 1. The maximum absolute atomic E-state index is 12.5. The summed E-state index contributed by atoms with van der Waals surface area (Å²) in [7, 11) is 0. The van der Waals surface area contributed by atoms with Crippen molar-refractivity contribution >= 4 is 28.5 Å². The lowest BCUT2D eigenvalue weighted by Crippen LogP contribution is -2.48. The summed E-state index contributed by atoms with van der Waals surface area (Å²) in [4.78, 5) is 14.3. The molecule has 1 saturated heterocycles. The summed E-state index contributed by atoms with van der Waals surface area (Å²) in [6.07, 6.45) is 2.76. The number of nitrogens with zero attached hydrogens (tertiary/aromatic N) is 2. The molecule has 1 aliphatic rings. The molecule has 0 radical (unpaired) electrons. The number of carbonyl (C=O) groups excluding carboxylic acids is 1. The monoisotopic (exact) mass is 420 g/mol. The van der Waals surface area contributed by atoms with Gasteiger partial charge in [0.2, 0.25) is 0 Å². The lowest BCUT2D eigenvalue weighted by molar-refractivity contribution is -0.0144. The number of rotatable bonds is 4. The second-order valence-corrected chi connectivity index (χ2v) is 10.5. The number of H-pyrrole nitrogens is 1. The third-order valence-electron chi connectivity index (χ3n) is 6.15. The van der Waals surface area contributed by atoms with Gasteiger partial charge in [0.15, 0.2) is 0 Å². The Morgan fingerprint density at radius 2 is 1.97 bits per heavy atom. The average Bonchev–Trinajstić information content (AvgIpc) is 3.12. The van der Waals surface area contributed by atoms with Crippen molar-refractivity contribution in [2.45, 2.75) is 53.6 Å². The second-order valence-electron chi connectivity index (χ2n) is 10.0. The Morgan fingerprint density at radius 1 is 1.31 bits per heavy atom. The third-order valence-corrected chi connectivity index (χ3v) is 6.37. The molecule has 0 spiro atoms. The number of benzene rings is 1. The molecular weight excluding hydrogens is 388 g/mol. The predicted octanol–water partition coefficient (Wildman–Crippen LogP) is 4.74. The Morgan fingerprint density at radius 3 is 2.59 bits per heavy atom. The molecule has 0 bridgehead atoms. The van der Waals surface area contributed by atoms with Gasteiger partial charge in [0.1, 0.15) is 0 Å². The fourth-order valence-electron chi connectivity index (χ4n) is 4.17. The number of aromatic amines is 1. The number of hydrogen-bond acceptors (Lipinski definition) is 3. The fourth-order valence-corrected chi connectivity index (χ4v) is 4.40. The summed E-state index contributed by atoms with van der Waals surface area (Å²) in [6.45, 7) is 12.6. The molecule has 1 atom stereocenters. The fraction of sp³-hybridized carbons (Fsp3) is 0.636. The van der Waals surface area contributed by atoms with Gasteiger partial charge in [-0.2, -0.15) is 5.10 Å². The SMILES string of the molecule is CC(C)(C)CNC(=O)N1CCC(C(C)(C)C(O)c2cc(Cl)cc3cn[nH]c23)CC1. The van der Waals surface area contributed by atoms with E-state index in [1.54, 1.807) is 6.20 Å². The van der Waals surface area contributed by atoms with Crippen LogP contribution in [-0.4, -0.2) is 45.9 Å². The number of hydrogen-bond donors (Lipinski definition) is 3. The van der Waals surface area contributed by atoms with Gasteiger partial charge in [-0.25, -0.2) is 4.79 Å². The van der Waals surface area contributed by atoms with E-state index in [-0.39, 0.29) is 16.9 Å². The number of halogens is 1. The molecule has 2 aromatic rings. The molecule has 2 heterocycles. The number of fused-ring (bicyclic) bond motifs is 1. The number of aromatic nitrogens is 2. The highest BCUT2D eigenvalue weighted by Gasteiger charge is 2.40. The van der Waals surface area contributed by atoms with Crippen molar-refractivity contribution in [3.05, 3.63) is 28.9 Å². The molecule has 1 aromatic heterocycles. The lowest BCUT2D eigenvalue weighted by Gasteiger charge is -2.43. The summed E-state index contributed by atoms with van der Waals surface area (Å²) in [5.74, 6) is 0.293. The molecule has 0 aliphatic carbocycles. The Bertz CT molecular complexity index is 863. The molecule has 29 heavy (non-hydrogen) atoms. The van der Waals surface area contributed by atoms with E-state index in [1.165, 1.54) is 0 Å². The van der Waals surface area contributed by atoms with Crippen LogP contribution in [0.1, 0.15) is 59.1 Å². The van der Waals surface area contributed by atoms with Crippen LogP contribution < -0.4 is 5.32 Å². The van der Waals surface area contributed by atoms with Crippen LogP contribution in [0.5, 0.6) is 0 Å². The van der Waals surface area contributed by atoms with Gasteiger partial charge in [-0.15, -0.1) is 0 Å². The minimum Gasteiger partial charge on any atom is -0.388 e. The lowest BCUT2D eigenvalue weighted by atomic mass is 9.68. The van der Waals surface area contributed by atoms with Crippen LogP contribution in [0.2, 0.25) is 5.02 Å². The molecule has 1 fully saturated rings. The summed E-state index contributed by atoms with van der Waals surface area (Å²) >= 11 is 6.27. The van der Waals surface area contributed by atoms with Crippen LogP contribution in [0.3, 0.4) is 0 Å². The van der Waals surface area contributed by atoms with Crippen molar-refractivity contribution in [2.75, 3.05) is 19.6 Å². The first-order valence-electron chi connectivity index (χ1n) is 10.3. The van der Waals surface area contributed by atoms with Crippen molar-refractivity contribution in [2.24, 2.45) is 16.7 Å². The van der Waals surface area contributed by atoms with Gasteiger partial charge in [-0.1, -0.05) is 46.2 Å². The second kappa shape index (κ2) is 8.15. The van der Waals surface area contributed by atoms with Gasteiger partial charge in [-0.3, -0.25) is 5.10 Å². The molecule has 2 amide bonds. The zero-order valence-electron chi connectivity index (χ0n) is 18.1. The number of amides is 2. The minimum absolute atomic E-state index is 0.00531. The number of nitrogens with one attached hydrogen (secondary N) is 2. The van der Waals surface area contributed by atoms with Crippen LogP contribution in [-0.2, 0) is 0 Å². The first kappa shape index (κ1) is 21.9. The number of piperidine rings is 1. The van der Waals surface area contributed by atoms with Gasteiger partial charge in [-0.05, 0) is 41.7 Å². The van der Waals surface area contributed by atoms with E-state index in [0.717, 1.165) is 29.3 Å². The van der Waals surface area contributed by atoms with Crippen LogP contribution in [0.25, 0.3) is 10.9 Å². The molecule has 3 rings (SSSR count). The number of likely N-dealkylation sites (tertiary alicyclic amines) is 1. The molecule has 1 aromatic carbocycles. The third kappa shape index (κ3) is 4.86. The zero-order valence-corrected chi connectivity index (χ0v) is 18.8. The summed E-state index contributed by atoms with van der Waals surface area (Å²) < 4.78 is 0. The Kier molecular flexibility index (Phi) is 6.16. The van der Waals surface area contributed by atoms with Crippen molar-refractivity contribution in [3.8, 4) is 0 Å². The van der Waals surface area contributed by atoms with E-state index in [0.29, 0.717) is 30.6 Å². The molecule has 160 valence electrons. The Labute approximate surface area is 178 Å². The van der Waals surface area contributed by atoms with Gasteiger partial charge in [0.25, 0.3) is 0 Å². The van der Waals surface area contributed by atoms with E-state index in [4.69, 9.17) is 11.6 Å². The molecule has 1 aliphatic heterocycles. The van der Waals surface area contributed by atoms with Crippen LogP contribution >= 0.6 is 11.6 Å². The molecule has 6 nitrogen and oxygen atoms in total. The van der Waals surface area contributed by atoms with Gasteiger partial charge < -0.3 is 15.3 Å². The van der Waals surface area contributed by atoms with E-state index in [9.17, 15) is 9.90 Å². The Balaban J connectivity index is 1.68. The highest BCUT2D eigenvalue weighted by Crippen LogP contribution is 2.46. The largest absolute Gasteiger partial charge is 0.388 e. The maximum atomic E-state index is 12.5. The number of aliphatic hydroxyl groups is 1. The average molecular weight is 421 g/mol. The molecule has 0 saturated carbocycles. The first-order chi connectivity index (χ1) is 13.5. The van der Waals surface area contributed by atoms with Crippen LogP contribution in [0.4, 0.5) is 4.79 Å². The number of aliphatic hydroxyl groups excluding tert-OH is 1. The van der Waals surface area contributed by atoms with Crippen molar-refractivity contribution < 1.29 is 9.90 Å². The standard InChI is InChI=1S/C22H33ClN4O2/c1-21(2,3)13-24-20(29)27-8-6-15(7-9-27)22(4,5)19(28)17-11-16(23)10-14-12-25-26-18(14)17/h10-12,15,19,28H,6-9,13H2,1-5H3,(H,24,29)(H,25,26). The molecular formula is C22H33ClN4O2. The molecule has 7 heteroatoms. The van der Waals surface area contributed by atoms with Crippen LogP contribution in [0.15, 0.2) is 18.3 Å². The highest BCUT2D eigenvalue weighted by molar-refractivity contribution is 6.31. The van der Waals surface area contributed by atoms with E-state index in [1.807, 2.05) is 17.0 Å². The van der Waals surface area contributed by atoms with Crippen molar-refractivity contribution in [3.63, 3.8) is 0 Å². The van der Waals surface area contributed by atoms with Gasteiger partial charge >= 0.3 is 6.03 Å². The first-order valence-corrected chi connectivity index (χ1v) is 10.7. The normalized spacial score (nSPS) is 17.6. The van der Waals surface area contributed by atoms with Crippen molar-refractivity contribution in [1.82, 2.24) is 20.4 Å². The molecule has 3 N–H and O–H groups in total. The van der Waals surface area contributed by atoms with Crippen molar-refractivity contribution in [1.29, 1.82) is 0 Å². The van der Waals surface area contributed by atoms with E-state index >= 15 is 0 Å². The summed E-state index contributed by atoms with van der Waals surface area (Å²) in [5, 5.41) is 22.9. The van der Waals surface area contributed by atoms with E-state index in [2.05, 4.69) is 50.1 Å². The van der Waals surface area contributed by atoms with E-state index < -0.39 is 6.10 Å². The summed E-state index contributed by atoms with van der Waals surface area (Å²) in [6, 6.07) is 3.67. The highest BCUT2D eigenvalue weighted by atomic mass is 35.5. The topological polar surface area (TPSA) is 81.2 Å². The minimum atomic E-state index is -0.685. The van der Waals surface area contributed by atoms with Gasteiger partial charge in [0.05, 0.1) is 17.8 Å². The molecule has 1 unspecified atom stereocenters. The zero-order chi connectivity index (χ0) is 21.4.